The summed E-state index contributed by atoms with van der Waals surface area (Å²) >= 11 is 14.9. The molecule has 13 heteroatoms. The van der Waals surface area contributed by atoms with Crippen LogP contribution in [-0.4, -0.2) is 47.3 Å². The van der Waals surface area contributed by atoms with Gasteiger partial charge in [0.25, 0.3) is 5.78 Å². The van der Waals surface area contributed by atoms with E-state index in [0.29, 0.717) is 67.6 Å². The van der Waals surface area contributed by atoms with E-state index in [1.54, 1.807) is 54.6 Å². The van der Waals surface area contributed by atoms with Crippen LogP contribution in [0, 0.1) is 5.92 Å². The lowest BCUT2D eigenvalue weighted by Crippen LogP contribution is -2.29. The van der Waals surface area contributed by atoms with E-state index in [4.69, 9.17) is 37.4 Å². The van der Waals surface area contributed by atoms with Crippen molar-refractivity contribution in [3.05, 3.63) is 93.0 Å². The largest absolute Gasteiger partial charge is 0.507 e. The number of aliphatic hydroxyl groups is 1. The number of amides is 1. The van der Waals surface area contributed by atoms with Gasteiger partial charge >= 0.3 is 5.91 Å². The van der Waals surface area contributed by atoms with Crippen molar-refractivity contribution in [3.8, 4) is 17.2 Å². The first-order valence-corrected chi connectivity index (χ1v) is 17.4. The number of aliphatic hydroxyl groups excluding tert-OH is 1. The fraction of sp³-hybridized carbons (Fsp3) is 0.294. The SMILES string of the molecule is CCOc1cc(C2/C(=C(\O)c3ccc(OC)cc3)C(=O)C(=O)N2c2nnc(SCc3ccc(Cl)cc3Cl)s2)ccc1OCCC(C)C. The second-order valence-corrected chi connectivity index (χ2v) is 14.0. The molecular formula is C34H33Cl2N3O6S2. The lowest BCUT2D eigenvalue weighted by atomic mass is 9.95. The van der Waals surface area contributed by atoms with Gasteiger partial charge in [0, 0.05) is 21.4 Å². The highest BCUT2D eigenvalue weighted by atomic mass is 35.5. The van der Waals surface area contributed by atoms with Crippen molar-refractivity contribution in [2.24, 2.45) is 5.92 Å². The van der Waals surface area contributed by atoms with E-state index >= 15 is 0 Å². The normalized spacial score (nSPS) is 15.8. The number of benzene rings is 3. The molecule has 0 bridgehead atoms. The third-order valence-electron chi connectivity index (χ3n) is 7.31. The number of anilines is 1. The first kappa shape index (κ1) is 34.6. The molecular weight excluding hydrogens is 681 g/mol. The van der Waals surface area contributed by atoms with E-state index in [0.717, 1.165) is 23.3 Å². The van der Waals surface area contributed by atoms with Gasteiger partial charge in [0.2, 0.25) is 5.13 Å². The quantitative estimate of drug-likeness (QED) is 0.0479. The molecule has 47 heavy (non-hydrogen) atoms. The molecule has 1 atom stereocenters. The van der Waals surface area contributed by atoms with Crippen LogP contribution in [0.4, 0.5) is 5.13 Å². The van der Waals surface area contributed by atoms with Crippen molar-refractivity contribution in [2.75, 3.05) is 25.2 Å². The van der Waals surface area contributed by atoms with Crippen LogP contribution in [0.5, 0.6) is 17.2 Å². The van der Waals surface area contributed by atoms with Crippen LogP contribution in [0.2, 0.25) is 10.0 Å². The minimum Gasteiger partial charge on any atom is -0.507 e. The maximum atomic E-state index is 13.7. The van der Waals surface area contributed by atoms with Crippen LogP contribution < -0.4 is 19.1 Å². The number of methoxy groups -OCH3 is 1. The number of halogens is 2. The van der Waals surface area contributed by atoms with Crippen LogP contribution in [0.3, 0.4) is 0 Å². The summed E-state index contributed by atoms with van der Waals surface area (Å²) in [6, 6.07) is 16.1. The van der Waals surface area contributed by atoms with Gasteiger partial charge in [-0.2, -0.15) is 0 Å². The fourth-order valence-corrected chi connectivity index (χ4v) is 7.30. The average molecular weight is 715 g/mol. The first-order valence-electron chi connectivity index (χ1n) is 14.9. The molecule has 1 amide bonds. The molecule has 1 aliphatic heterocycles. The molecule has 9 nitrogen and oxygen atoms in total. The molecule has 2 heterocycles. The van der Waals surface area contributed by atoms with Crippen LogP contribution in [-0.2, 0) is 15.3 Å². The van der Waals surface area contributed by atoms with Gasteiger partial charge in [-0.05, 0) is 78.9 Å². The number of aromatic nitrogens is 2. The number of carbonyl (C=O) groups excluding carboxylic acids is 2. The Labute approximate surface area is 291 Å². The second kappa shape index (κ2) is 15.4. The predicted octanol–water partition coefficient (Wildman–Crippen LogP) is 8.60. The van der Waals surface area contributed by atoms with Crippen molar-refractivity contribution in [2.45, 2.75) is 43.3 Å². The van der Waals surface area contributed by atoms with Crippen molar-refractivity contribution in [1.82, 2.24) is 10.2 Å². The Morgan fingerprint density at radius 3 is 2.47 bits per heavy atom. The van der Waals surface area contributed by atoms with Crippen molar-refractivity contribution >= 4 is 68.9 Å². The number of hydrogen-bond acceptors (Lipinski definition) is 10. The molecule has 1 unspecified atom stereocenters. The van der Waals surface area contributed by atoms with Gasteiger partial charge in [-0.3, -0.25) is 14.5 Å². The van der Waals surface area contributed by atoms with Crippen molar-refractivity contribution in [1.29, 1.82) is 0 Å². The molecule has 0 radical (unpaired) electrons. The molecule has 246 valence electrons. The number of ketones is 1. The van der Waals surface area contributed by atoms with E-state index in [2.05, 4.69) is 24.0 Å². The van der Waals surface area contributed by atoms with Crippen LogP contribution >= 0.6 is 46.3 Å². The highest BCUT2D eigenvalue weighted by molar-refractivity contribution is 8.00. The molecule has 1 aliphatic rings. The average Bonchev–Trinajstić information content (AvgIpc) is 3.62. The van der Waals surface area contributed by atoms with Gasteiger partial charge in [0.15, 0.2) is 15.8 Å². The minimum atomic E-state index is -1.03. The lowest BCUT2D eigenvalue weighted by Gasteiger charge is -2.24. The number of carbonyl (C=O) groups is 2. The van der Waals surface area contributed by atoms with Gasteiger partial charge in [-0.15, -0.1) is 10.2 Å². The second-order valence-electron chi connectivity index (χ2n) is 10.9. The highest BCUT2D eigenvalue weighted by Gasteiger charge is 2.48. The summed E-state index contributed by atoms with van der Waals surface area (Å²) < 4.78 is 17.8. The van der Waals surface area contributed by atoms with E-state index in [1.165, 1.54) is 23.8 Å². The minimum absolute atomic E-state index is 0.0894. The molecule has 1 N–H and O–H groups in total. The number of hydrogen-bond donors (Lipinski definition) is 1. The van der Waals surface area contributed by atoms with E-state index < -0.39 is 17.7 Å². The Kier molecular flexibility index (Phi) is 11.3. The highest BCUT2D eigenvalue weighted by Crippen LogP contribution is 2.46. The van der Waals surface area contributed by atoms with E-state index in [1.807, 2.05) is 13.0 Å². The van der Waals surface area contributed by atoms with Gasteiger partial charge in [-0.1, -0.05) is 72.3 Å². The Morgan fingerprint density at radius 1 is 1.02 bits per heavy atom. The zero-order valence-electron chi connectivity index (χ0n) is 26.2. The Morgan fingerprint density at radius 2 is 1.79 bits per heavy atom. The Balaban J connectivity index is 1.55. The molecule has 1 aromatic heterocycles. The standard InChI is InChI=1S/C34H33Cl2N3O6S2/c1-5-44-27-16-21(9-13-26(27)45-15-14-19(2)3)29-28(30(40)20-7-11-24(43-4)12-8-20)31(41)32(42)39(29)33-37-38-34(47-33)46-18-22-6-10-23(35)17-25(22)36/h6-13,16-17,19,29,40H,5,14-15,18H2,1-4H3/b30-28+. The summed E-state index contributed by atoms with van der Waals surface area (Å²) in [7, 11) is 1.53. The zero-order chi connectivity index (χ0) is 33.7. The predicted molar refractivity (Wildman–Crippen MR) is 186 cm³/mol. The smallest absolute Gasteiger partial charge is 0.301 e. The summed E-state index contributed by atoms with van der Waals surface area (Å²) in [5.41, 5.74) is 1.64. The van der Waals surface area contributed by atoms with E-state index in [-0.39, 0.29) is 16.5 Å². The summed E-state index contributed by atoms with van der Waals surface area (Å²) in [5.74, 6) is 0.499. The van der Waals surface area contributed by atoms with Crippen LogP contribution in [0.1, 0.15) is 49.9 Å². The monoisotopic (exact) mass is 713 g/mol. The van der Waals surface area contributed by atoms with Gasteiger partial charge in [-0.25, -0.2) is 0 Å². The van der Waals surface area contributed by atoms with Gasteiger partial charge < -0.3 is 19.3 Å². The summed E-state index contributed by atoms with van der Waals surface area (Å²) in [4.78, 5) is 28.7. The topological polar surface area (TPSA) is 111 Å². The number of nitrogens with zero attached hydrogens (tertiary/aromatic N) is 3. The molecule has 1 saturated heterocycles. The third kappa shape index (κ3) is 7.86. The lowest BCUT2D eigenvalue weighted by molar-refractivity contribution is -0.132. The molecule has 0 aliphatic carbocycles. The maximum Gasteiger partial charge on any atom is 0.301 e. The molecule has 4 aromatic rings. The van der Waals surface area contributed by atoms with Gasteiger partial charge in [0.05, 0.1) is 31.9 Å². The fourth-order valence-electron chi connectivity index (χ4n) is 4.87. The third-order valence-corrected chi connectivity index (χ3v) is 10.0. The molecule has 0 saturated carbocycles. The number of ether oxygens (including phenoxy) is 3. The summed E-state index contributed by atoms with van der Waals surface area (Å²) in [5, 5.41) is 21.4. The summed E-state index contributed by atoms with van der Waals surface area (Å²) in [6.45, 7) is 6.96. The molecule has 1 fully saturated rings. The summed E-state index contributed by atoms with van der Waals surface area (Å²) in [6.07, 6.45) is 0.858. The molecule has 5 rings (SSSR count). The van der Waals surface area contributed by atoms with Crippen LogP contribution in [0.15, 0.2) is 70.6 Å². The number of thioether (sulfide) groups is 1. The van der Waals surface area contributed by atoms with Crippen molar-refractivity contribution in [3.63, 3.8) is 0 Å². The van der Waals surface area contributed by atoms with Gasteiger partial charge in [0.1, 0.15) is 11.5 Å². The maximum absolute atomic E-state index is 13.7. The number of Topliss-reactive ketones (excluding diaryl/α,β-unsaturated/α-hetero) is 1. The molecule has 3 aromatic carbocycles. The van der Waals surface area contributed by atoms with Crippen LogP contribution in [0.25, 0.3) is 5.76 Å². The molecule has 0 spiro atoms. The zero-order valence-corrected chi connectivity index (χ0v) is 29.3. The number of rotatable bonds is 13. The Hall–Kier alpha value is -3.77. The van der Waals surface area contributed by atoms with E-state index in [9.17, 15) is 14.7 Å². The van der Waals surface area contributed by atoms with Crippen molar-refractivity contribution < 1.29 is 28.9 Å². The first-order chi connectivity index (χ1) is 22.6. The Bertz CT molecular complexity index is 1790.